The number of carbonyl (C=O) groups is 2. The van der Waals surface area contributed by atoms with Crippen molar-refractivity contribution < 1.29 is 85.2 Å². The minimum atomic E-state index is -4.48. The number of nitrogens with zero attached hydrogens (tertiary/aromatic N) is 6. The first-order chi connectivity index (χ1) is 45.2. The fourth-order valence-corrected chi connectivity index (χ4v) is 13.0. The highest BCUT2D eigenvalue weighted by molar-refractivity contribution is 7.90. The first-order valence-electron chi connectivity index (χ1n) is 27.7. The number of methoxy groups -OCH3 is 3. The lowest BCUT2D eigenvalue weighted by molar-refractivity contribution is -0.143. The third-order valence-corrected chi connectivity index (χ3v) is 17.9. The highest BCUT2D eigenvalue weighted by atomic mass is 35.5. The number of aliphatic imine (C=N–C) groups is 1. The Morgan fingerprint density at radius 1 is 0.635 bits per heavy atom. The molecule has 96 heavy (non-hydrogen) atoms. The van der Waals surface area contributed by atoms with Gasteiger partial charge in [0.15, 0.2) is 28.8 Å². The minimum absolute atomic E-state index is 0.0542. The van der Waals surface area contributed by atoms with Crippen LogP contribution >= 0.6 is 46.4 Å². The molecule has 522 valence electrons. The molecule has 0 bridgehead atoms. The van der Waals surface area contributed by atoms with Gasteiger partial charge in [-0.05, 0) is 87.1 Å². The summed E-state index contributed by atoms with van der Waals surface area (Å²) in [6, 6.07) is 11.7. The molecule has 4 aromatic carbocycles. The van der Waals surface area contributed by atoms with E-state index in [-0.39, 0.29) is 96.5 Å². The normalized spacial score (nSPS) is 15.1. The van der Waals surface area contributed by atoms with E-state index in [1.165, 1.54) is 64.4 Å². The van der Waals surface area contributed by atoms with Gasteiger partial charge in [-0.1, -0.05) is 46.4 Å². The van der Waals surface area contributed by atoms with Crippen LogP contribution in [0.25, 0.3) is 11.4 Å². The van der Waals surface area contributed by atoms with Gasteiger partial charge in [-0.25, -0.2) is 61.5 Å². The number of halogens is 12. The Labute approximate surface area is 557 Å². The molecular weight excluding hydrogens is 1430 g/mol. The summed E-state index contributed by atoms with van der Waals surface area (Å²) in [6.45, 7) is 3.04. The Balaban J connectivity index is 0.000000222. The van der Waals surface area contributed by atoms with Gasteiger partial charge in [0.2, 0.25) is 26.0 Å². The SMILES string of the molecule is C1CN=C2NCCCN2C1.COC(=O)C1(NS(=O)(=O)c2cc(Oc3c(Cl)cc(-n4nc(C(F)F)c(=O)[nH]c4=O)cc3Cl)ccc2OC)CC1.COc1ccc(Oc2c(Cl)cc(-n3nc(C(F)F)c(=O)[nH]c3=O)cc2Cl)cc1S(=O)(=O)NC1(C(=O)NCC(F)F)CC1.NCC(F)F. The lowest BCUT2D eigenvalue weighted by atomic mass is 10.2. The molecule has 3 fully saturated rings. The van der Waals surface area contributed by atoms with Crippen LogP contribution in [-0.2, 0) is 34.4 Å². The fourth-order valence-electron chi connectivity index (χ4n) is 8.73. The Hall–Kier alpha value is -8.11. The molecule has 2 saturated carbocycles. The molecule has 2 aliphatic heterocycles. The Morgan fingerprint density at radius 2 is 1.05 bits per heavy atom. The molecule has 28 nitrogen and oxygen atoms in total. The number of hydrogen-bond donors (Lipinski definition) is 7. The van der Waals surface area contributed by atoms with E-state index in [9.17, 15) is 80.7 Å². The van der Waals surface area contributed by atoms with Gasteiger partial charge >= 0.3 is 17.3 Å². The van der Waals surface area contributed by atoms with Gasteiger partial charge < -0.3 is 45.0 Å². The predicted molar refractivity (Wildman–Crippen MR) is 329 cm³/mol. The molecule has 4 heterocycles. The minimum Gasteiger partial charge on any atom is -0.495 e. The lowest BCUT2D eigenvalue weighted by Crippen LogP contribution is -2.49. The second-order valence-corrected chi connectivity index (χ2v) is 25.4. The topological polar surface area (TPSA) is 374 Å². The molecule has 1 saturated heterocycles. The molecule has 10 rings (SSSR count). The number of hydrogen-bond acceptors (Lipinski definition) is 21. The van der Waals surface area contributed by atoms with E-state index in [0.29, 0.717) is 9.36 Å². The average Bonchev–Trinajstić information content (AvgIpc) is 1.54. The number of nitrogens with one attached hydrogen (secondary N) is 6. The van der Waals surface area contributed by atoms with Gasteiger partial charge in [-0.15, -0.1) is 0 Å². The summed E-state index contributed by atoms with van der Waals surface area (Å²) in [5, 5.41) is 11.1. The van der Waals surface area contributed by atoms with Crippen LogP contribution in [0.4, 0.5) is 35.1 Å². The van der Waals surface area contributed by atoms with Crippen molar-refractivity contribution in [2.75, 3.05) is 60.6 Å². The molecule has 2 aliphatic carbocycles. The molecule has 42 heteroatoms. The third-order valence-electron chi connectivity index (χ3n) is 13.7. The summed E-state index contributed by atoms with van der Waals surface area (Å²) in [5.41, 5.74) is -6.35. The fraction of sp³-hybridized carbons (Fsp3) is 0.389. The highest BCUT2D eigenvalue weighted by Gasteiger charge is 2.55. The number of nitrogens with two attached hydrogens (primary N) is 1. The van der Waals surface area contributed by atoms with Gasteiger partial charge in [-0.2, -0.15) is 29.0 Å². The van der Waals surface area contributed by atoms with Crippen LogP contribution in [0, 0.1) is 0 Å². The number of esters is 1. The molecule has 2 aromatic heterocycles. The average molecular weight is 1480 g/mol. The van der Waals surface area contributed by atoms with Crippen LogP contribution in [0.15, 0.2) is 94.6 Å². The predicted octanol–water partition coefficient (Wildman–Crippen LogP) is 6.36. The number of rotatable bonds is 21. The smallest absolute Gasteiger partial charge is 0.349 e. The van der Waals surface area contributed by atoms with Crippen molar-refractivity contribution in [3.8, 4) is 45.9 Å². The number of guanidine groups is 1. The Morgan fingerprint density at radius 3 is 1.42 bits per heavy atom. The number of alkyl halides is 8. The molecule has 0 spiro atoms. The summed E-state index contributed by atoms with van der Waals surface area (Å²) in [6.07, 6.45) is -8.57. The summed E-state index contributed by atoms with van der Waals surface area (Å²) in [7, 11) is -5.21. The third kappa shape index (κ3) is 18.5. The Kier molecular flexibility index (Phi) is 25.0. The van der Waals surface area contributed by atoms with Crippen molar-refractivity contribution in [2.24, 2.45) is 10.7 Å². The first-order valence-corrected chi connectivity index (χ1v) is 32.2. The second kappa shape index (κ2) is 31.8. The number of aromatic nitrogens is 6. The number of carbonyl (C=O) groups excluding carboxylic acids is 2. The van der Waals surface area contributed by atoms with Gasteiger partial charge in [0.1, 0.15) is 43.9 Å². The van der Waals surface area contributed by atoms with Gasteiger partial charge in [-0.3, -0.25) is 34.1 Å². The zero-order valence-corrected chi connectivity index (χ0v) is 54.5. The standard InChI is InChI=1S/C23H19Cl2F4N5O7S.C22H18Cl2F2N4O8S.C7H13N3.C2H5F2N/c1-40-14-3-2-11(8-15(14)42(38,39)33-23(4-5-23)21(36)30-9-16(26)27)41-18-12(24)6-10(7-13(18)25)34-22(37)31-20(35)17(32-34)19(28)29;1-36-14-4-3-11(9-15(14)39(34,35)29-22(5-6-22)20(32)37-2)38-17-12(23)7-10(8-13(17)24)30-21(33)27-19(31)16(28-30)18(25)26;1-3-8-7-9-4-2-6-10(7)5-1;3-2(4)1-5/h2-3,6-8,16,19,33H,4-5,9H2,1H3,(H,30,36)(H,31,35,37);3-4,7-9,18,29H,5-6H2,1-2H3,(H,27,31,33);1-6H2,(H,8,9);2H,1,5H2. The number of sulfonamides is 2. The monoisotopic (exact) mass is 1480 g/mol. The van der Waals surface area contributed by atoms with E-state index < -0.39 is 121 Å². The van der Waals surface area contributed by atoms with Crippen LogP contribution < -0.4 is 67.3 Å². The van der Waals surface area contributed by atoms with E-state index in [0.717, 1.165) is 62.6 Å². The molecule has 1 amide bonds. The summed E-state index contributed by atoms with van der Waals surface area (Å²) in [5.74, 6) is -1.32. The van der Waals surface area contributed by atoms with Crippen molar-refractivity contribution in [1.29, 1.82) is 0 Å². The van der Waals surface area contributed by atoms with Crippen LogP contribution in [0.1, 0.15) is 62.8 Å². The van der Waals surface area contributed by atoms with Gasteiger partial charge in [0.25, 0.3) is 36.8 Å². The molecular formula is C54H55Cl4F8N13O15S2. The molecule has 0 radical (unpaired) electrons. The van der Waals surface area contributed by atoms with Crippen LogP contribution in [-0.4, -0.2) is 154 Å². The number of fused-ring (bicyclic) bond motifs is 1. The van der Waals surface area contributed by atoms with E-state index in [4.69, 9.17) is 65.4 Å². The summed E-state index contributed by atoms with van der Waals surface area (Å²) < 4.78 is 183. The number of benzene rings is 4. The zero-order chi connectivity index (χ0) is 70.8. The zero-order valence-electron chi connectivity index (χ0n) is 49.8. The van der Waals surface area contributed by atoms with Crippen molar-refractivity contribution in [2.45, 2.75) is 85.1 Å². The van der Waals surface area contributed by atoms with Crippen molar-refractivity contribution in [1.82, 2.24) is 54.5 Å². The molecule has 4 aliphatic rings. The maximum absolute atomic E-state index is 13.2. The number of aromatic amines is 2. The van der Waals surface area contributed by atoms with Crippen molar-refractivity contribution in [3.63, 3.8) is 0 Å². The van der Waals surface area contributed by atoms with Crippen LogP contribution in [0.2, 0.25) is 20.1 Å². The second-order valence-electron chi connectivity index (χ2n) is 20.4. The number of amides is 1. The molecule has 6 aromatic rings. The van der Waals surface area contributed by atoms with Crippen LogP contribution in [0.5, 0.6) is 34.5 Å². The van der Waals surface area contributed by atoms with Crippen molar-refractivity contribution in [3.05, 3.63) is 134 Å². The number of ether oxygens (including phenoxy) is 5. The van der Waals surface area contributed by atoms with E-state index in [2.05, 4.69) is 45.3 Å². The van der Waals surface area contributed by atoms with E-state index in [1.807, 2.05) is 5.32 Å². The molecule has 0 unspecified atom stereocenters. The van der Waals surface area contributed by atoms with E-state index >= 15 is 0 Å². The highest BCUT2D eigenvalue weighted by Crippen LogP contribution is 2.44. The maximum atomic E-state index is 13.2. The van der Waals surface area contributed by atoms with Gasteiger partial charge in [0.05, 0.1) is 65.9 Å². The summed E-state index contributed by atoms with van der Waals surface area (Å²) in [4.78, 5) is 81.2. The largest absolute Gasteiger partial charge is 0.495 e. The van der Waals surface area contributed by atoms with Gasteiger partial charge in [0, 0.05) is 38.3 Å². The summed E-state index contributed by atoms with van der Waals surface area (Å²) >= 11 is 25.1. The van der Waals surface area contributed by atoms with E-state index in [1.54, 1.807) is 9.97 Å². The number of H-pyrrole nitrogens is 2. The van der Waals surface area contributed by atoms with Crippen molar-refractivity contribution >= 4 is 84.3 Å². The maximum Gasteiger partial charge on any atom is 0.349 e. The van der Waals surface area contributed by atoms with Crippen LogP contribution in [0.3, 0.4) is 0 Å². The first kappa shape index (κ1) is 75.3. The lowest BCUT2D eigenvalue weighted by Gasteiger charge is -2.33. The molecule has 8 N–H and O–H groups in total. The Bertz CT molecular complexity index is 4350. The molecule has 0 atom stereocenters. The quantitative estimate of drug-likeness (QED) is 0.0304.